The highest BCUT2D eigenvalue weighted by Crippen LogP contribution is 2.25. The minimum atomic E-state index is -0.458. The van der Waals surface area contributed by atoms with Crippen LogP contribution in [0, 0.1) is 10.1 Å². The van der Waals surface area contributed by atoms with E-state index in [2.05, 4.69) is 15.1 Å². The van der Waals surface area contributed by atoms with E-state index in [4.69, 9.17) is 4.52 Å². The van der Waals surface area contributed by atoms with Crippen LogP contribution < -0.4 is 0 Å². The third kappa shape index (κ3) is 2.20. The molecular formula is C11H6N4O3S. The van der Waals surface area contributed by atoms with Crippen LogP contribution in [0.1, 0.15) is 0 Å². The standard InChI is InChI=1S/C11H6N4O3S/c16-15(17)8-3-1-7(2-4-8)11-13-10(14-18-11)9-5-12-6-19-9/h1-6H. The Kier molecular flexibility index (Phi) is 2.76. The minimum Gasteiger partial charge on any atom is -0.334 e. The lowest BCUT2D eigenvalue weighted by atomic mass is 10.2. The van der Waals surface area contributed by atoms with Gasteiger partial charge in [-0.15, -0.1) is 11.3 Å². The number of hydrogen-bond acceptors (Lipinski definition) is 7. The molecule has 2 aromatic heterocycles. The average Bonchev–Trinajstić information content (AvgIpc) is 3.10. The fourth-order valence-corrected chi connectivity index (χ4v) is 2.04. The number of nitro benzene ring substituents is 1. The van der Waals surface area contributed by atoms with Gasteiger partial charge < -0.3 is 4.52 Å². The Hall–Kier alpha value is -2.61. The summed E-state index contributed by atoms with van der Waals surface area (Å²) in [5, 5.41) is 14.4. The molecule has 3 aromatic rings. The lowest BCUT2D eigenvalue weighted by molar-refractivity contribution is -0.384. The van der Waals surface area contributed by atoms with Crippen LogP contribution in [0.15, 0.2) is 40.5 Å². The number of non-ortho nitro benzene ring substituents is 1. The third-order valence-corrected chi connectivity index (χ3v) is 3.17. The minimum absolute atomic E-state index is 0.0194. The van der Waals surface area contributed by atoms with Gasteiger partial charge in [0.05, 0.1) is 15.3 Å². The Balaban J connectivity index is 1.92. The first-order valence-corrected chi connectivity index (χ1v) is 6.09. The van der Waals surface area contributed by atoms with Crippen molar-refractivity contribution in [1.29, 1.82) is 0 Å². The smallest absolute Gasteiger partial charge is 0.269 e. The molecule has 0 fully saturated rings. The highest BCUT2D eigenvalue weighted by atomic mass is 32.1. The maximum absolute atomic E-state index is 10.6. The van der Waals surface area contributed by atoms with Crippen LogP contribution in [0.25, 0.3) is 22.2 Å². The summed E-state index contributed by atoms with van der Waals surface area (Å²) in [6.07, 6.45) is 1.65. The lowest BCUT2D eigenvalue weighted by Crippen LogP contribution is -1.87. The van der Waals surface area contributed by atoms with E-state index in [-0.39, 0.29) is 5.69 Å². The SMILES string of the molecule is O=[N+]([O-])c1ccc(-c2nc(-c3cncs3)no2)cc1. The van der Waals surface area contributed by atoms with Crippen molar-refractivity contribution in [2.75, 3.05) is 0 Å². The van der Waals surface area contributed by atoms with Crippen LogP contribution in [-0.4, -0.2) is 20.0 Å². The van der Waals surface area contributed by atoms with E-state index in [1.807, 2.05) is 0 Å². The van der Waals surface area contributed by atoms with Gasteiger partial charge in [0, 0.05) is 23.9 Å². The van der Waals surface area contributed by atoms with E-state index in [1.165, 1.54) is 23.5 Å². The molecule has 0 aliphatic carbocycles. The summed E-state index contributed by atoms with van der Waals surface area (Å²) >= 11 is 1.41. The molecule has 0 atom stereocenters. The number of aromatic nitrogens is 3. The van der Waals surface area contributed by atoms with E-state index in [9.17, 15) is 10.1 Å². The number of thiazole rings is 1. The number of nitrogens with zero attached hydrogens (tertiary/aromatic N) is 4. The summed E-state index contributed by atoms with van der Waals surface area (Å²) < 4.78 is 5.12. The summed E-state index contributed by atoms with van der Waals surface area (Å²) in [6, 6.07) is 5.93. The molecule has 0 N–H and O–H groups in total. The predicted octanol–water partition coefficient (Wildman–Crippen LogP) is 2.77. The van der Waals surface area contributed by atoms with Gasteiger partial charge in [-0.1, -0.05) is 5.16 Å². The Morgan fingerprint density at radius 1 is 1.26 bits per heavy atom. The molecule has 94 valence electrons. The predicted molar refractivity (Wildman–Crippen MR) is 67.5 cm³/mol. The van der Waals surface area contributed by atoms with Crippen LogP contribution in [0.2, 0.25) is 0 Å². The van der Waals surface area contributed by atoms with Gasteiger partial charge >= 0.3 is 0 Å². The Labute approximate surface area is 110 Å². The van der Waals surface area contributed by atoms with Crippen molar-refractivity contribution in [2.24, 2.45) is 0 Å². The first-order valence-electron chi connectivity index (χ1n) is 5.21. The molecule has 0 aliphatic rings. The zero-order chi connectivity index (χ0) is 13.2. The molecule has 3 rings (SSSR count). The lowest BCUT2D eigenvalue weighted by Gasteiger charge is -1.93. The zero-order valence-electron chi connectivity index (χ0n) is 9.39. The molecule has 19 heavy (non-hydrogen) atoms. The molecule has 2 heterocycles. The fourth-order valence-electron chi connectivity index (χ4n) is 1.49. The summed E-state index contributed by atoms with van der Waals surface area (Å²) in [5.74, 6) is 0.772. The third-order valence-electron chi connectivity index (χ3n) is 2.40. The molecular weight excluding hydrogens is 268 g/mol. The molecule has 0 saturated carbocycles. The van der Waals surface area contributed by atoms with Crippen LogP contribution >= 0.6 is 11.3 Å². The normalized spacial score (nSPS) is 10.5. The Bertz CT molecular complexity index is 706. The first-order chi connectivity index (χ1) is 9.24. The maximum atomic E-state index is 10.6. The van der Waals surface area contributed by atoms with Gasteiger partial charge in [-0.05, 0) is 12.1 Å². The van der Waals surface area contributed by atoms with E-state index >= 15 is 0 Å². The molecule has 0 radical (unpaired) electrons. The summed E-state index contributed by atoms with van der Waals surface area (Å²) in [6.45, 7) is 0. The van der Waals surface area contributed by atoms with Crippen LogP contribution in [0.3, 0.4) is 0 Å². The molecule has 0 spiro atoms. The average molecular weight is 274 g/mol. The van der Waals surface area contributed by atoms with Crippen molar-refractivity contribution < 1.29 is 9.45 Å². The molecule has 0 saturated heterocycles. The van der Waals surface area contributed by atoms with Crippen molar-refractivity contribution in [2.45, 2.75) is 0 Å². The highest BCUT2D eigenvalue weighted by Gasteiger charge is 2.13. The van der Waals surface area contributed by atoms with Gasteiger partial charge in [-0.3, -0.25) is 15.1 Å². The topological polar surface area (TPSA) is 95.0 Å². The van der Waals surface area contributed by atoms with Crippen molar-refractivity contribution >= 4 is 17.0 Å². The molecule has 0 bridgehead atoms. The van der Waals surface area contributed by atoms with Crippen molar-refractivity contribution in [3.05, 3.63) is 46.1 Å². The van der Waals surface area contributed by atoms with Crippen molar-refractivity contribution in [3.8, 4) is 22.2 Å². The van der Waals surface area contributed by atoms with Crippen LogP contribution in [-0.2, 0) is 0 Å². The molecule has 0 aliphatic heterocycles. The molecule has 7 nitrogen and oxygen atoms in total. The second-order valence-corrected chi connectivity index (χ2v) is 4.48. The van der Waals surface area contributed by atoms with Crippen molar-refractivity contribution in [1.82, 2.24) is 15.1 Å². The number of benzene rings is 1. The first kappa shape index (κ1) is 11.5. The summed E-state index contributed by atoms with van der Waals surface area (Å²) in [5.41, 5.74) is 2.33. The van der Waals surface area contributed by atoms with E-state index in [1.54, 1.807) is 23.8 Å². The fraction of sp³-hybridized carbons (Fsp3) is 0. The van der Waals surface area contributed by atoms with Gasteiger partial charge in [-0.2, -0.15) is 4.98 Å². The molecule has 0 unspecified atom stereocenters. The number of rotatable bonds is 3. The van der Waals surface area contributed by atoms with E-state index in [0.29, 0.717) is 17.3 Å². The molecule has 1 aromatic carbocycles. The number of nitro groups is 1. The molecule has 0 amide bonds. The Morgan fingerprint density at radius 3 is 2.68 bits per heavy atom. The van der Waals surface area contributed by atoms with Crippen molar-refractivity contribution in [3.63, 3.8) is 0 Å². The second-order valence-electron chi connectivity index (χ2n) is 3.59. The highest BCUT2D eigenvalue weighted by molar-refractivity contribution is 7.13. The van der Waals surface area contributed by atoms with Crippen LogP contribution in [0.5, 0.6) is 0 Å². The second kappa shape index (κ2) is 4.58. The van der Waals surface area contributed by atoms with Gasteiger partial charge in [0.1, 0.15) is 0 Å². The van der Waals surface area contributed by atoms with E-state index in [0.717, 1.165) is 4.88 Å². The quantitative estimate of drug-likeness (QED) is 0.538. The molecule has 8 heteroatoms. The Morgan fingerprint density at radius 2 is 2.05 bits per heavy atom. The van der Waals surface area contributed by atoms with Gasteiger partial charge in [-0.25, -0.2) is 0 Å². The summed E-state index contributed by atoms with van der Waals surface area (Å²) in [7, 11) is 0. The number of hydrogen-bond donors (Lipinski definition) is 0. The largest absolute Gasteiger partial charge is 0.334 e. The summed E-state index contributed by atoms with van der Waals surface area (Å²) in [4.78, 5) is 19.1. The van der Waals surface area contributed by atoms with Gasteiger partial charge in [0.25, 0.3) is 11.6 Å². The van der Waals surface area contributed by atoms with E-state index < -0.39 is 4.92 Å². The van der Waals surface area contributed by atoms with Gasteiger partial charge in [0.2, 0.25) is 5.82 Å². The monoisotopic (exact) mass is 274 g/mol. The van der Waals surface area contributed by atoms with Crippen LogP contribution in [0.4, 0.5) is 5.69 Å². The van der Waals surface area contributed by atoms with Gasteiger partial charge in [0.15, 0.2) is 0 Å². The maximum Gasteiger partial charge on any atom is 0.269 e. The zero-order valence-corrected chi connectivity index (χ0v) is 10.2.